The van der Waals surface area contributed by atoms with Gasteiger partial charge in [-0.1, -0.05) is 0 Å². The van der Waals surface area contributed by atoms with E-state index in [1.165, 1.54) is 0 Å². The molecular formula is C18H21BrF3N3O2. The van der Waals surface area contributed by atoms with E-state index in [0.29, 0.717) is 16.8 Å². The van der Waals surface area contributed by atoms with E-state index >= 15 is 0 Å². The van der Waals surface area contributed by atoms with E-state index < -0.39 is 17.8 Å². The Bertz CT molecular complexity index is 743. The van der Waals surface area contributed by atoms with Gasteiger partial charge in [0.15, 0.2) is 0 Å². The molecule has 5 nitrogen and oxygen atoms in total. The Balaban J connectivity index is 1.60. The predicted octanol–water partition coefficient (Wildman–Crippen LogP) is 3.61. The van der Waals surface area contributed by atoms with Gasteiger partial charge in [0.25, 0.3) is 5.91 Å². The van der Waals surface area contributed by atoms with Crippen LogP contribution < -0.4 is 4.90 Å². The van der Waals surface area contributed by atoms with E-state index in [0.717, 1.165) is 37.9 Å². The first kappa shape index (κ1) is 19.0. The molecule has 3 saturated heterocycles. The van der Waals surface area contributed by atoms with Crippen molar-refractivity contribution in [2.24, 2.45) is 0 Å². The molecule has 4 rings (SSSR count). The third-order valence-corrected chi connectivity index (χ3v) is 6.49. The van der Waals surface area contributed by atoms with E-state index in [-0.39, 0.29) is 23.6 Å². The molecule has 1 aromatic heterocycles. The number of ether oxygens (including phenoxy) is 1. The first-order valence-electron chi connectivity index (χ1n) is 9.03. The van der Waals surface area contributed by atoms with Crippen LogP contribution in [0.3, 0.4) is 0 Å². The zero-order chi connectivity index (χ0) is 19.6. The lowest BCUT2D eigenvalue weighted by Crippen LogP contribution is -2.63. The van der Waals surface area contributed by atoms with E-state index in [1.807, 2.05) is 0 Å². The number of anilines is 1. The molecule has 3 aliphatic heterocycles. The minimum atomic E-state index is -4.41. The Morgan fingerprint density at radius 3 is 2.44 bits per heavy atom. The van der Waals surface area contributed by atoms with Gasteiger partial charge in [0.2, 0.25) is 0 Å². The van der Waals surface area contributed by atoms with Gasteiger partial charge >= 0.3 is 6.18 Å². The summed E-state index contributed by atoms with van der Waals surface area (Å²) in [5.41, 5.74) is -1.15. The van der Waals surface area contributed by atoms with Crippen molar-refractivity contribution in [1.82, 2.24) is 9.88 Å². The Morgan fingerprint density at radius 2 is 1.93 bits per heavy atom. The fraction of sp³-hybridized carbons (Fsp3) is 0.667. The molecule has 3 atom stereocenters. The average molecular weight is 448 g/mol. The molecule has 1 spiro atoms. The number of hydrogen-bond acceptors (Lipinski definition) is 4. The normalized spacial score (nSPS) is 33.9. The van der Waals surface area contributed by atoms with E-state index in [2.05, 4.69) is 25.8 Å². The maximum absolute atomic E-state index is 12.9. The molecule has 1 aromatic rings. The number of pyridine rings is 1. The number of piperidine rings is 1. The fourth-order valence-corrected chi connectivity index (χ4v) is 5.49. The highest BCUT2D eigenvalue weighted by molar-refractivity contribution is 9.10. The summed E-state index contributed by atoms with van der Waals surface area (Å²) >= 11 is 3.28. The van der Waals surface area contributed by atoms with Crippen molar-refractivity contribution in [2.45, 2.75) is 62.6 Å². The Kier molecular flexibility index (Phi) is 4.46. The van der Waals surface area contributed by atoms with Gasteiger partial charge in [0, 0.05) is 31.9 Å². The van der Waals surface area contributed by atoms with Gasteiger partial charge in [-0.15, -0.1) is 0 Å². The highest BCUT2D eigenvalue weighted by Crippen LogP contribution is 2.48. The molecule has 3 fully saturated rings. The number of morpholine rings is 1. The van der Waals surface area contributed by atoms with Crippen LogP contribution in [0.15, 0.2) is 16.7 Å². The number of rotatable bonds is 1. The maximum Gasteiger partial charge on any atom is 0.417 e. The zero-order valence-electron chi connectivity index (χ0n) is 15.1. The van der Waals surface area contributed by atoms with Crippen molar-refractivity contribution in [1.29, 1.82) is 0 Å². The summed E-state index contributed by atoms with van der Waals surface area (Å²) in [6.07, 6.45) is -0.627. The van der Waals surface area contributed by atoms with Gasteiger partial charge in [-0.3, -0.25) is 4.79 Å². The molecule has 148 valence electrons. The molecule has 3 unspecified atom stereocenters. The van der Waals surface area contributed by atoms with Crippen molar-refractivity contribution in [3.05, 3.63) is 22.3 Å². The monoisotopic (exact) mass is 447 g/mol. The molecule has 0 saturated carbocycles. The molecule has 0 aromatic carbocycles. The van der Waals surface area contributed by atoms with E-state index in [1.54, 1.807) is 18.9 Å². The van der Waals surface area contributed by atoms with Crippen molar-refractivity contribution in [3.63, 3.8) is 0 Å². The van der Waals surface area contributed by atoms with Gasteiger partial charge in [-0.05, 0) is 54.6 Å². The Morgan fingerprint density at radius 1 is 1.30 bits per heavy atom. The maximum atomic E-state index is 12.9. The number of carbonyl (C=O) groups is 1. The quantitative estimate of drug-likeness (QED) is 0.659. The average Bonchev–Trinajstić information content (AvgIpc) is 2.84. The number of halogens is 4. The second-order valence-corrected chi connectivity index (χ2v) is 8.72. The van der Waals surface area contributed by atoms with Gasteiger partial charge < -0.3 is 14.5 Å². The lowest BCUT2D eigenvalue weighted by Gasteiger charge is -2.51. The minimum absolute atomic E-state index is 0.0115. The van der Waals surface area contributed by atoms with Crippen LogP contribution in [0.4, 0.5) is 19.0 Å². The number of aromatic nitrogens is 1. The van der Waals surface area contributed by atoms with Crippen LogP contribution in [0.5, 0.6) is 0 Å². The zero-order valence-corrected chi connectivity index (χ0v) is 16.7. The Labute approximate surface area is 164 Å². The summed E-state index contributed by atoms with van der Waals surface area (Å²) in [7, 11) is 1.80. The standard InChI is InChI=1S/C18H21BrF3N3O2/c1-10-16(26)24(2)9-17(27-10)6-12-3-4-13(7-17)25(12)15-14(19)5-11(8-23-15)18(20,21)22/h5,8,10,12-13H,3-4,6-7,9H2,1-2H3. The molecule has 1 amide bonds. The van der Waals surface area contributed by atoms with Crippen LogP contribution in [0.1, 0.15) is 38.2 Å². The fourth-order valence-electron chi connectivity index (χ4n) is 4.93. The Hall–Kier alpha value is -1.35. The summed E-state index contributed by atoms with van der Waals surface area (Å²) in [5.74, 6) is 0.543. The van der Waals surface area contributed by atoms with Crippen molar-refractivity contribution in [3.8, 4) is 0 Å². The number of hydrogen-bond donors (Lipinski definition) is 0. The molecule has 3 aliphatic rings. The van der Waals surface area contributed by atoms with E-state index in [4.69, 9.17) is 4.74 Å². The van der Waals surface area contributed by atoms with Crippen LogP contribution >= 0.6 is 15.9 Å². The molecule has 0 N–H and O–H groups in total. The molecule has 27 heavy (non-hydrogen) atoms. The second kappa shape index (κ2) is 6.34. The van der Waals surface area contributed by atoms with Crippen molar-refractivity contribution < 1.29 is 22.7 Å². The van der Waals surface area contributed by atoms with Crippen LogP contribution in [0.2, 0.25) is 0 Å². The third kappa shape index (κ3) is 3.22. The van der Waals surface area contributed by atoms with E-state index in [9.17, 15) is 18.0 Å². The topological polar surface area (TPSA) is 45.7 Å². The SMILES string of the molecule is CC1OC2(CC3CCC(C2)N3c2ncc(C(F)(F)F)cc2Br)CN(C)C1=O. The summed E-state index contributed by atoms with van der Waals surface area (Å²) in [6, 6.07) is 1.37. The molecule has 9 heteroatoms. The molecule has 4 heterocycles. The predicted molar refractivity (Wildman–Crippen MR) is 96.4 cm³/mol. The minimum Gasteiger partial charge on any atom is -0.360 e. The van der Waals surface area contributed by atoms with Gasteiger partial charge in [-0.25, -0.2) is 4.98 Å². The first-order valence-corrected chi connectivity index (χ1v) is 9.83. The summed E-state index contributed by atoms with van der Waals surface area (Å²) in [4.78, 5) is 20.1. The second-order valence-electron chi connectivity index (χ2n) is 7.87. The number of likely N-dealkylation sites (N-methyl/N-ethyl adjacent to an activating group) is 1. The van der Waals surface area contributed by atoms with Crippen LogP contribution in [-0.4, -0.2) is 53.2 Å². The number of nitrogens with zero attached hydrogens (tertiary/aromatic N) is 3. The summed E-state index contributed by atoms with van der Waals surface area (Å²) in [5, 5.41) is 0. The summed E-state index contributed by atoms with van der Waals surface area (Å²) < 4.78 is 45.3. The largest absolute Gasteiger partial charge is 0.417 e. The van der Waals surface area contributed by atoms with Crippen LogP contribution in [-0.2, 0) is 15.7 Å². The number of carbonyl (C=O) groups excluding carboxylic acids is 1. The number of amides is 1. The molecule has 0 radical (unpaired) electrons. The van der Waals surface area contributed by atoms with Gasteiger partial charge in [0.05, 0.1) is 15.6 Å². The highest BCUT2D eigenvalue weighted by Gasteiger charge is 2.53. The van der Waals surface area contributed by atoms with Crippen molar-refractivity contribution >= 4 is 27.7 Å². The van der Waals surface area contributed by atoms with Gasteiger partial charge in [-0.2, -0.15) is 13.2 Å². The number of fused-ring (bicyclic) bond motifs is 2. The highest BCUT2D eigenvalue weighted by atomic mass is 79.9. The molecular weight excluding hydrogens is 427 g/mol. The molecule has 0 aliphatic carbocycles. The summed E-state index contributed by atoms with van der Waals surface area (Å²) in [6.45, 7) is 2.33. The van der Waals surface area contributed by atoms with Crippen molar-refractivity contribution in [2.75, 3.05) is 18.5 Å². The lowest BCUT2D eigenvalue weighted by molar-refractivity contribution is -0.184. The molecule has 2 bridgehead atoms. The smallest absolute Gasteiger partial charge is 0.360 e. The lowest BCUT2D eigenvalue weighted by atomic mass is 9.84. The van der Waals surface area contributed by atoms with Crippen LogP contribution in [0, 0.1) is 0 Å². The van der Waals surface area contributed by atoms with Crippen LogP contribution in [0.25, 0.3) is 0 Å². The number of alkyl halides is 3. The van der Waals surface area contributed by atoms with Gasteiger partial charge in [0.1, 0.15) is 11.9 Å². The first-order chi connectivity index (χ1) is 12.6. The third-order valence-electron chi connectivity index (χ3n) is 5.90.